The second-order valence-corrected chi connectivity index (χ2v) is 6.16. The molecule has 0 radical (unpaired) electrons. The van der Waals surface area contributed by atoms with Crippen LogP contribution in [0.1, 0.15) is 22.9 Å². The average Bonchev–Trinajstić information content (AvgIpc) is 2.68. The van der Waals surface area contributed by atoms with E-state index in [1.54, 1.807) is 12.4 Å². The summed E-state index contributed by atoms with van der Waals surface area (Å²) >= 11 is 0. The first kappa shape index (κ1) is 16.0. The predicted octanol–water partition coefficient (Wildman–Crippen LogP) is 3.66. The minimum atomic E-state index is -0.259. The van der Waals surface area contributed by atoms with E-state index in [-0.39, 0.29) is 11.8 Å². The molecular formula is C21H19N4O+. The van der Waals surface area contributed by atoms with Crippen molar-refractivity contribution in [2.75, 3.05) is 5.32 Å². The molecule has 26 heavy (non-hydrogen) atoms. The highest BCUT2D eigenvalue weighted by Crippen LogP contribution is 2.35. The van der Waals surface area contributed by atoms with Crippen molar-refractivity contribution in [3.63, 3.8) is 0 Å². The fourth-order valence-corrected chi connectivity index (χ4v) is 3.10. The van der Waals surface area contributed by atoms with E-state index >= 15 is 0 Å². The van der Waals surface area contributed by atoms with E-state index < -0.39 is 0 Å². The summed E-state index contributed by atoms with van der Waals surface area (Å²) in [5.74, 6) is 0.980. The standard InChI is InChI=1S/C21H18N4O/c1-14-4-2-6-18(24-14)25-19(16-9-12-22-13-10-16)17-8-7-15-5-3-11-23-20(15)21(17)26/h2-13,19,26H,1H3,(H,24,25)/p+1. The van der Waals surface area contributed by atoms with Gasteiger partial charge in [-0.1, -0.05) is 12.1 Å². The Balaban J connectivity index is 1.84. The molecule has 0 saturated heterocycles. The van der Waals surface area contributed by atoms with Gasteiger partial charge < -0.3 is 10.4 Å². The highest BCUT2D eigenvalue weighted by atomic mass is 16.3. The normalized spacial score (nSPS) is 12.0. The summed E-state index contributed by atoms with van der Waals surface area (Å²) in [4.78, 5) is 11.8. The minimum Gasteiger partial charge on any atom is -0.502 e. The fraction of sp³-hybridized carbons (Fsp3) is 0.0952. The number of aromatic hydroxyl groups is 1. The van der Waals surface area contributed by atoms with Crippen LogP contribution >= 0.6 is 0 Å². The first-order chi connectivity index (χ1) is 12.7. The molecule has 0 aliphatic heterocycles. The molecule has 128 valence electrons. The van der Waals surface area contributed by atoms with Gasteiger partial charge in [-0.25, -0.2) is 9.97 Å². The van der Waals surface area contributed by atoms with Gasteiger partial charge in [-0.05, 0) is 48.9 Å². The van der Waals surface area contributed by atoms with E-state index in [4.69, 9.17) is 0 Å². The number of aromatic nitrogens is 3. The van der Waals surface area contributed by atoms with Gasteiger partial charge in [0.1, 0.15) is 5.82 Å². The number of aryl methyl sites for hydroxylation is 1. The second-order valence-electron chi connectivity index (χ2n) is 6.16. The number of anilines is 1. The van der Waals surface area contributed by atoms with Crippen LogP contribution in [0.4, 0.5) is 5.82 Å². The predicted molar refractivity (Wildman–Crippen MR) is 101 cm³/mol. The van der Waals surface area contributed by atoms with Crippen LogP contribution in [0, 0.1) is 6.92 Å². The maximum Gasteiger partial charge on any atom is 0.253 e. The Morgan fingerprint density at radius 2 is 1.85 bits per heavy atom. The van der Waals surface area contributed by atoms with E-state index in [1.165, 1.54) is 0 Å². The SMILES string of the molecule is Cc1cccc(NC(c2ccncc2)c2ccc3ccc[nH+]c3c2O)n1. The lowest BCUT2D eigenvalue weighted by atomic mass is 9.97. The molecule has 5 heteroatoms. The van der Waals surface area contributed by atoms with Crippen molar-refractivity contribution < 1.29 is 10.1 Å². The smallest absolute Gasteiger partial charge is 0.253 e. The third kappa shape index (κ3) is 3.07. The number of hydrogen-bond donors (Lipinski definition) is 2. The Bertz CT molecular complexity index is 1050. The lowest BCUT2D eigenvalue weighted by molar-refractivity contribution is -0.345. The van der Waals surface area contributed by atoms with Gasteiger partial charge in [0.25, 0.3) is 5.52 Å². The number of fused-ring (bicyclic) bond motifs is 1. The first-order valence-corrected chi connectivity index (χ1v) is 8.45. The molecule has 4 rings (SSSR count). The summed E-state index contributed by atoms with van der Waals surface area (Å²) in [5.41, 5.74) is 3.41. The molecule has 1 unspecified atom stereocenters. The molecule has 3 aromatic heterocycles. The number of nitrogens with zero attached hydrogens (tertiary/aromatic N) is 2. The van der Waals surface area contributed by atoms with Crippen LogP contribution in [-0.2, 0) is 0 Å². The number of aromatic amines is 1. The van der Waals surface area contributed by atoms with Crippen molar-refractivity contribution in [2.24, 2.45) is 0 Å². The van der Waals surface area contributed by atoms with Gasteiger partial charge in [-0.2, -0.15) is 0 Å². The summed E-state index contributed by atoms with van der Waals surface area (Å²) in [7, 11) is 0. The van der Waals surface area contributed by atoms with E-state index in [2.05, 4.69) is 20.3 Å². The minimum absolute atomic E-state index is 0.227. The van der Waals surface area contributed by atoms with Crippen LogP contribution in [0.25, 0.3) is 10.9 Å². The molecule has 0 fully saturated rings. The molecule has 4 aromatic rings. The number of H-pyrrole nitrogens is 1. The highest BCUT2D eigenvalue weighted by Gasteiger charge is 2.22. The summed E-state index contributed by atoms with van der Waals surface area (Å²) in [6, 6.07) is 17.3. The number of hydrogen-bond acceptors (Lipinski definition) is 4. The molecule has 0 bridgehead atoms. The summed E-state index contributed by atoms with van der Waals surface area (Å²) < 4.78 is 0. The monoisotopic (exact) mass is 343 g/mol. The van der Waals surface area contributed by atoms with Gasteiger partial charge in [-0.3, -0.25) is 4.98 Å². The summed E-state index contributed by atoms with van der Waals surface area (Å²) in [6.45, 7) is 1.95. The Morgan fingerprint density at radius 3 is 2.65 bits per heavy atom. The molecule has 0 aliphatic carbocycles. The molecule has 1 atom stereocenters. The van der Waals surface area contributed by atoms with Crippen molar-refractivity contribution >= 4 is 16.7 Å². The number of rotatable bonds is 4. The van der Waals surface area contributed by atoms with Crippen molar-refractivity contribution in [1.82, 2.24) is 9.97 Å². The fourth-order valence-electron chi connectivity index (χ4n) is 3.10. The van der Waals surface area contributed by atoms with Gasteiger partial charge in [0.05, 0.1) is 11.4 Å². The van der Waals surface area contributed by atoms with Gasteiger partial charge >= 0.3 is 0 Å². The third-order valence-electron chi connectivity index (χ3n) is 4.37. The van der Waals surface area contributed by atoms with Crippen LogP contribution in [0.5, 0.6) is 5.75 Å². The van der Waals surface area contributed by atoms with Crippen LogP contribution < -0.4 is 10.3 Å². The number of benzene rings is 1. The number of phenols is 1. The van der Waals surface area contributed by atoms with Crippen LogP contribution in [0.2, 0.25) is 0 Å². The number of nitrogens with one attached hydrogen (secondary N) is 2. The van der Waals surface area contributed by atoms with Crippen molar-refractivity contribution in [3.8, 4) is 5.75 Å². The number of pyridine rings is 3. The Labute approximate surface area is 151 Å². The molecule has 0 saturated carbocycles. The Kier molecular flexibility index (Phi) is 4.19. The van der Waals surface area contributed by atoms with E-state index in [0.717, 1.165) is 28.0 Å². The van der Waals surface area contributed by atoms with Gasteiger partial charge in [-0.15, -0.1) is 0 Å². The van der Waals surface area contributed by atoms with E-state index in [9.17, 15) is 5.11 Å². The average molecular weight is 343 g/mol. The first-order valence-electron chi connectivity index (χ1n) is 8.45. The van der Waals surface area contributed by atoms with Gasteiger partial charge in [0, 0.05) is 29.7 Å². The zero-order valence-corrected chi connectivity index (χ0v) is 14.3. The molecule has 1 aromatic carbocycles. The molecule has 0 aliphatic rings. The molecule has 3 heterocycles. The quantitative estimate of drug-likeness (QED) is 0.593. The summed E-state index contributed by atoms with van der Waals surface area (Å²) in [5, 5.41) is 15.3. The third-order valence-corrected chi connectivity index (χ3v) is 4.37. The zero-order chi connectivity index (χ0) is 17.9. The maximum absolute atomic E-state index is 10.9. The molecular weight excluding hydrogens is 324 g/mol. The van der Waals surface area contributed by atoms with Crippen molar-refractivity contribution in [2.45, 2.75) is 13.0 Å². The number of phenolic OH excluding ortho intramolecular Hbond substituents is 1. The topological polar surface area (TPSA) is 72.2 Å². The molecule has 5 nitrogen and oxygen atoms in total. The van der Waals surface area contributed by atoms with Crippen molar-refractivity contribution in [1.29, 1.82) is 0 Å². The molecule has 0 spiro atoms. The summed E-state index contributed by atoms with van der Waals surface area (Å²) in [6.07, 6.45) is 5.30. The van der Waals surface area contributed by atoms with Gasteiger partial charge in [0.2, 0.25) is 0 Å². The maximum atomic E-state index is 10.9. The highest BCUT2D eigenvalue weighted by molar-refractivity contribution is 5.83. The lowest BCUT2D eigenvalue weighted by Gasteiger charge is -2.21. The Hall–Kier alpha value is -3.47. The van der Waals surface area contributed by atoms with E-state index in [0.29, 0.717) is 5.52 Å². The van der Waals surface area contributed by atoms with Crippen LogP contribution in [0.15, 0.2) is 73.2 Å². The van der Waals surface area contributed by atoms with Crippen LogP contribution in [0.3, 0.4) is 0 Å². The second kappa shape index (κ2) is 6.80. The van der Waals surface area contributed by atoms with Gasteiger partial charge in [0.15, 0.2) is 11.9 Å². The van der Waals surface area contributed by atoms with Crippen molar-refractivity contribution in [3.05, 3.63) is 90.0 Å². The van der Waals surface area contributed by atoms with Crippen LogP contribution in [-0.4, -0.2) is 15.1 Å². The Morgan fingerprint density at radius 1 is 1.00 bits per heavy atom. The lowest BCUT2D eigenvalue weighted by Crippen LogP contribution is -2.15. The molecule has 3 N–H and O–H groups in total. The largest absolute Gasteiger partial charge is 0.502 e. The van der Waals surface area contributed by atoms with E-state index in [1.807, 2.05) is 67.7 Å². The zero-order valence-electron chi connectivity index (χ0n) is 14.3. The molecule has 0 amide bonds.